The van der Waals surface area contributed by atoms with Crippen LogP contribution < -0.4 is 5.32 Å². The summed E-state index contributed by atoms with van der Waals surface area (Å²) in [7, 11) is 2.28. The number of carbonyl (C=O) groups is 1. The van der Waals surface area contributed by atoms with Crippen molar-refractivity contribution in [2.24, 2.45) is 0 Å². The van der Waals surface area contributed by atoms with Gasteiger partial charge in [0.15, 0.2) is 0 Å². The molecule has 0 spiro atoms. The maximum Gasteiger partial charge on any atom is 0.472 e. The molecule has 0 aliphatic rings. The number of phosphoric ester groups is 1. The lowest BCUT2D eigenvalue weighted by molar-refractivity contribution is -0.870. The molecule has 0 aliphatic heterocycles. The van der Waals surface area contributed by atoms with E-state index in [0.717, 1.165) is 17.4 Å². The molecule has 0 saturated heterocycles. The zero-order valence-corrected chi connectivity index (χ0v) is 15.0. The Balaban J connectivity index is 3.67. The number of nitrogens with one attached hydrogen (secondary N) is 1. The minimum absolute atomic E-state index is 0.0448. The summed E-state index contributed by atoms with van der Waals surface area (Å²) in [5.74, 6) is -0.235. The van der Waals surface area contributed by atoms with Crippen LogP contribution in [0.1, 0.15) is 26.2 Å². The number of phosphoric acid groups is 1. The van der Waals surface area contributed by atoms with Crippen LogP contribution in [0.4, 0.5) is 0 Å². The van der Waals surface area contributed by atoms with Gasteiger partial charge in [0.25, 0.3) is 0 Å². The summed E-state index contributed by atoms with van der Waals surface area (Å²) in [6, 6.07) is 0. The van der Waals surface area contributed by atoms with Gasteiger partial charge in [-0.3, -0.25) is 13.8 Å². The van der Waals surface area contributed by atoms with E-state index >= 15 is 0 Å². The Bertz CT molecular complexity index is 407. The molecule has 0 rings (SSSR count). The van der Waals surface area contributed by atoms with Crippen LogP contribution in [-0.2, 0) is 18.4 Å². The van der Waals surface area contributed by atoms with Crippen LogP contribution in [0.5, 0.6) is 0 Å². The van der Waals surface area contributed by atoms with E-state index in [2.05, 4.69) is 33.0 Å². The molecule has 0 aromatic rings. The minimum Gasteiger partial charge on any atom is -0.352 e. The van der Waals surface area contributed by atoms with Crippen LogP contribution >= 0.6 is 7.82 Å². The van der Waals surface area contributed by atoms with Gasteiger partial charge in [-0.2, -0.15) is 0 Å². The van der Waals surface area contributed by atoms with Crippen LogP contribution in [0.3, 0.4) is 0 Å². The van der Waals surface area contributed by atoms with Crippen molar-refractivity contribution in [1.82, 2.24) is 5.32 Å². The van der Waals surface area contributed by atoms with E-state index < -0.39 is 7.82 Å². The average molecular weight is 337 g/mol. The van der Waals surface area contributed by atoms with Gasteiger partial charge in [-0.05, 0) is 26.2 Å². The van der Waals surface area contributed by atoms with Crippen molar-refractivity contribution >= 4 is 13.7 Å². The largest absolute Gasteiger partial charge is 0.472 e. The molecule has 0 aromatic carbocycles. The van der Waals surface area contributed by atoms with Crippen LogP contribution in [0.15, 0.2) is 12.2 Å². The highest BCUT2D eigenvalue weighted by atomic mass is 31.2. The van der Waals surface area contributed by atoms with E-state index in [1.807, 2.05) is 0 Å². The molecule has 0 fully saturated rings. The van der Waals surface area contributed by atoms with Crippen LogP contribution in [0, 0.1) is 0 Å². The summed E-state index contributed by atoms with van der Waals surface area (Å²) in [5, 5.41) is 2.61. The molecule has 22 heavy (non-hydrogen) atoms. The highest BCUT2D eigenvalue weighted by Gasteiger charge is 2.20. The monoisotopic (exact) mass is 337 g/mol. The number of hydrogen-bond donors (Lipinski definition) is 2. The van der Waals surface area contributed by atoms with Gasteiger partial charge in [0.1, 0.15) is 0 Å². The molecular formula is C14H30N2O5P+. The Morgan fingerprint density at radius 2 is 1.73 bits per heavy atom. The third-order valence-corrected chi connectivity index (χ3v) is 3.74. The van der Waals surface area contributed by atoms with E-state index in [0.29, 0.717) is 25.0 Å². The topological polar surface area (TPSA) is 84.9 Å². The first-order valence-corrected chi connectivity index (χ1v) is 8.89. The number of carbonyl (C=O) groups excluding carboxylic acids is 1. The van der Waals surface area contributed by atoms with E-state index in [1.54, 1.807) is 6.92 Å². The molecule has 1 unspecified atom stereocenters. The highest BCUT2D eigenvalue weighted by Crippen LogP contribution is 2.43. The maximum absolute atomic E-state index is 11.6. The number of amides is 1. The summed E-state index contributed by atoms with van der Waals surface area (Å²) >= 11 is 0. The lowest BCUT2D eigenvalue weighted by atomic mass is 10.3. The molecule has 130 valence electrons. The number of nitrogens with zero attached hydrogens (tertiary/aromatic N) is 1. The summed E-state index contributed by atoms with van der Waals surface area (Å²) in [4.78, 5) is 20.7. The zero-order valence-electron chi connectivity index (χ0n) is 14.1. The van der Waals surface area contributed by atoms with Crippen molar-refractivity contribution < 1.29 is 27.8 Å². The molecular weight excluding hydrogens is 307 g/mol. The maximum atomic E-state index is 11.6. The Morgan fingerprint density at radius 3 is 2.23 bits per heavy atom. The fraction of sp³-hybridized carbons (Fsp3) is 0.786. The molecule has 2 N–H and O–H groups in total. The molecule has 1 amide bonds. The first kappa shape index (κ1) is 21.3. The normalized spacial score (nSPS) is 14.4. The van der Waals surface area contributed by atoms with Crippen LogP contribution in [0.25, 0.3) is 0 Å². The van der Waals surface area contributed by atoms with E-state index in [4.69, 9.17) is 9.05 Å². The fourth-order valence-corrected chi connectivity index (χ4v) is 2.30. The number of hydrogen-bond acceptors (Lipinski definition) is 4. The third-order valence-electron chi connectivity index (χ3n) is 2.73. The van der Waals surface area contributed by atoms with Gasteiger partial charge in [-0.15, -0.1) is 0 Å². The summed E-state index contributed by atoms with van der Waals surface area (Å²) in [6.45, 7) is 6.69. The van der Waals surface area contributed by atoms with Crippen molar-refractivity contribution in [3.8, 4) is 0 Å². The van der Waals surface area contributed by atoms with Crippen molar-refractivity contribution in [2.75, 3.05) is 47.4 Å². The minimum atomic E-state index is -3.99. The van der Waals surface area contributed by atoms with Gasteiger partial charge in [0.2, 0.25) is 5.91 Å². The first-order valence-electron chi connectivity index (χ1n) is 7.39. The number of quaternary nitrogens is 1. The van der Waals surface area contributed by atoms with Gasteiger partial charge in [-0.1, -0.05) is 6.58 Å². The number of unbranched alkanes of at least 4 members (excludes halogenated alkanes) is 1. The Labute approximate surface area is 133 Å². The van der Waals surface area contributed by atoms with Gasteiger partial charge in [-0.25, -0.2) is 4.57 Å². The lowest BCUT2D eigenvalue weighted by Crippen LogP contribution is -2.35. The second-order valence-corrected chi connectivity index (χ2v) is 7.70. The predicted octanol–water partition coefficient (Wildman–Crippen LogP) is 1.69. The standard InChI is InChI=1S/C14H29N2O5P/c1-13(2)14(17)15-9-8-12-21-22(18,19)20-11-7-6-10-16(3,4)5/h1,6-12H2,2-5H3,(H-,15,17,18,19)/p+1. The summed E-state index contributed by atoms with van der Waals surface area (Å²) in [6.07, 6.45) is 2.04. The molecule has 7 nitrogen and oxygen atoms in total. The van der Waals surface area contributed by atoms with Crippen molar-refractivity contribution in [3.63, 3.8) is 0 Å². The van der Waals surface area contributed by atoms with E-state index in [-0.39, 0.29) is 19.1 Å². The van der Waals surface area contributed by atoms with Crippen LogP contribution in [-0.4, -0.2) is 62.7 Å². The predicted molar refractivity (Wildman–Crippen MR) is 86.3 cm³/mol. The molecule has 8 heteroatoms. The molecule has 0 aliphatic carbocycles. The van der Waals surface area contributed by atoms with Crippen LogP contribution in [0.2, 0.25) is 0 Å². The third kappa shape index (κ3) is 13.0. The SMILES string of the molecule is C=C(C)C(=O)NCCCOP(=O)(O)OCCCC[N+](C)(C)C. The van der Waals surface area contributed by atoms with Gasteiger partial charge in [0, 0.05) is 12.1 Å². The zero-order chi connectivity index (χ0) is 17.2. The Hall–Kier alpha value is -0.720. The van der Waals surface area contributed by atoms with Gasteiger partial charge >= 0.3 is 7.82 Å². The number of rotatable bonds is 12. The Kier molecular flexibility index (Phi) is 9.80. The van der Waals surface area contributed by atoms with Crippen molar-refractivity contribution in [1.29, 1.82) is 0 Å². The highest BCUT2D eigenvalue weighted by molar-refractivity contribution is 7.47. The molecule has 0 bridgehead atoms. The fourth-order valence-electron chi connectivity index (χ4n) is 1.51. The van der Waals surface area contributed by atoms with Gasteiger partial charge in [0.05, 0.1) is 40.9 Å². The molecule has 0 heterocycles. The molecule has 0 radical (unpaired) electrons. The summed E-state index contributed by atoms with van der Waals surface area (Å²) < 4.78 is 22.2. The Morgan fingerprint density at radius 1 is 1.18 bits per heavy atom. The van der Waals surface area contributed by atoms with Crippen molar-refractivity contribution in [2.45, 2.75) is 26.2 Å². The van der Waals surface area contributed by atoms with E-state index in [9.17, 15) is 14.3 Å². The average Bonchev–Trinajstić information content (AvgIpc) is 2.35. The molecule has 1 atom stereocenters. The molecule has 0 saturated carbocycles. The van der Waals surface area contributed by atoms with Gasteiger partial charge < -0.3 is 14.7 Å². The molecule has 0 aromatic heterocycles. The second-order valence-electron chi connectivity index (χ2n) is 6.25. The second kappa shape index (κ2) is 10.1. The lowest BCUT2D eigenvalue weighted by Gasteiger charge is -2.23. The first-order chi connectivity index (χ1) is 10.0. The smallest absolute Gasteiger partial charge is 0.352 e. The van der Waals surface area contributed by atoms with E-state index in [1.165, 1.54) is 0 Å². The quantitative estimate of drug-likeness (QED) is 0.245. The van der Waals surface area contributed by atoms with Crippen molar-refractivity contribution in [3.05, 3.63) is 12.2 Å². The summed E-state index contributed by atoms with van der Waals surface area (Å²) in [5.41, 5.74) is 0.422.